The fourth-order valence-electron chi connectivity index (χ4n) is 1.33. The number of aromatic nitrogens is 1. The van der Waals surface area contributed by atoms with E-state index in [1.54, 1.807) is 12.1 Å². The molecular weight excluding hydrogens is 367 g/mol. The molecule has 0 unspecified atom stereocenters. The van der Waals surface area contributed by atoms with Crippen LogP contribution in [0.3, 0.4) is 0 Å². The minimum atomic E-state index is -0.683. The Labute approximate surface area is 120 Å². The van der Waals surface area contributed by atoms with E-state index in [-0.39, 0.29) is 11.5 Å². The molecule has 3 nitrogen and oxygen atoms in total. The van der Waals surface area contributed by atoms with Crippen LogP contribution in [-0.2, 0) is 0 Å². The van der Waals surface area contributed by atoms with E-state index in [1.807, 2.05) is 6.07 Å². The summed E-state index contributed by atoms with van der Waals surface area (Å²) in [5, 5.41) is 2.68. The highest BCUT2D eigenvalue weighted by atomic mass is 79.9. The average Bonchev–Trinajstić information content (AvgIpc) is 2.32. The van der Waals surface area contributed by atoms with Gasteiger partial charge in [-0.2, -0.15) is 4.39 Å². The van der Waals surface area contributed by atoms with Crippen LogP contribution in [0.15, 0.2) is 45.5 Å². The maximum Gasteiger partial charge on any atom is 0.255 e. The first-order chi connectivity index (χ1) is 8.56. The van der Waals surface area contributed by atoms with Crippen LogP contribution < -0.4 is 5.32 Å². The molecule has 1 aromatic carbocycles. The molecule has 2 rings (SSSR count). The van der Waals surface area contributed by atoms with E-state index in [0.717, 1.165) is 15.0 Å². The maximum atomic E-state index is 12.9. The number of anilines is 1. The zero-order valence-corrected chi connectivity index (χ0v) is 12.1. The van der Waals surface area contributed by atoms with Crippen molar-refractivity contribution in [1.82, 2.24) is 4.98 Å². The van der Waals surface area contributed by atoms with Gasteiger partial charge >= 0.3 is 0 Å². The van der Waals surface area contributed by atoms with Crippen molar-refractivity contribution in [2.75, 3.05) is 5.32 Å². The Hall–Kier alpha value is -1.27. The SMILES string of the molecule is O=C(Nc1ccc(Br)cc1Br)c1ccnc(F)c1. The molecule has 6 heteroatoms. The van der Waals surface area contributed by atoms with Crippen LogP contribution in [-0.4, -0.2) is 10.9 Å². The molecule has 0 aliphatic rings. The van der Waals surface area contributed by atoms with Crippen molar-refractivity contribution in [3.63, 3.8) is 0 Å². The van der Waals surface area contributed by atoms with Gasteiger partial charge in [-0.25, -0.2) is 4.98 Å². The van der Waals surface area contributed by atoms with Crippen molar-refractivity contribution in [2.45, 2.75) is 0 Å². The number of hydrogen-bond acceptors (Lipinski definition) is 2. The Morgan fingerprint density at radius 3 is 2.67 bits per heavy atom. The van der Waals surface area contributed by atoms with Gasteiger partial charge in [0, 0.05) is 26.8 Å². The molecule has 1 aromatic heterocycles. The normalized spacial score (nSPS) is 10.2. The second-order valence-corrected chi connectivity index (χ2v) is 5.22. The summed E-state index contributed by atoms with van der Waals surface area (Å²) in [6, 6.07) is 7.88. The van der Waals surface area contributed by atoms with Crippen molar-refractivity contribution in [2.24, 2.45) is 0 Å². The number of benzene rings is 1. The van der Waals surface area contributed by atoms with Crippen molar-refractivity contribution in [3.05, 3.63) is 57.0 Å². The van der Waals surface area contributed by atoms with E-state index in [2.05, 4.69) is 42.2 Å². The van der Waals surface area contributed by atoms with Crippen molar-refractivity contribution in [1.29, 1.82) is 0 Å². The summed E-state index contributed by atoms with van der Waals surface area (Å²) >= 11 is 6.65. The van der Waals surface area contributed by atoms with Crippen LogP contribution >= 0.6 is 31.9 Å². The van der Waals surface area contributed by atoms with Gasteiger partial charge in [0.25, 0.3) is 5.91 Å². The van der Waals surface area contributed by atoms with Crippen molar-refractivity contribution < 1.29 is 9.18 Å². The molecule has 0 aliphatic heterocycles. The highest BCUT2D eigenvalue weighted by molar-refractivity contribution is 9.11. The number of carbonyl (C=O) groups excluding carboxylic acids is 1. The van der Waals surface area contributed by atoms with Gasteiger partial charge in [-0.1, -0.05) is 15.9 Å². The number of amides is 1. The third-order valence-electron chi connectivity index (χ3n) is 2.17. The third-order valence-corrected chi connectivity index (χ3v) is 3.32. The van der Waals surface area contributed by atoms with Crippen LogP contribution in [0.1, 0.15) is 10.4 Å². The molecule has 92 valence electrons. The minimum absolute atomic E-state index is 0.220. The Bertz CT molecular complexity index is 604. The highest BCUT2D eigenvalue weighted by Gasteiger charge is 2.09. The van der Waals surface area contributed by atoms with E-state index in [1.165, 1.54) is 12.3 Å². The standard InChI is InChI=1S/C12H7Br2FN2O/c13-8-1-2-10(9(14)6-8)17-12(18)7-3-4-16-11(15)5-7/h1-6H,(H,17,18). The molecular formula is C12H7Br2FN2O. The average molecular weight is 374 g/mol. The first-order valence-corrected chi connectivity index (χ1v) is 6.53. The number of nitrogens with one attached hydrogen (secondary N) is 1. The molecule has 0 spiro atoms. The summed E-state index contributed by atoms with van der Waals surface area (Å²) in [4.78, 5) is 15.3. The van der Waals surface area contributed by atoms with Crippen LogP contribution in [0.5, 0.6) is 0 Å². The molecule has 0 radical (unpaired) electrons. The smallest absolute Gasteiger partial charge is 0.255 e. The van der Waals surface area contributed by atoms with Crippen LogP contribution in [0.4, 0.5) is 10.1 Å². The number of halogens is 3. The van der Waals surface area contributed by atoms with Crippen LogP contribution in [0, 0.1) is 5.95 Å². The Balaban J connectivity index is 2.21. The topological polar surface area (TPSA) is 42.0 Å². The largest absolute Gasteiger partial charge is 0.321 e. The molecule has 0 bridgehead atoms. The predicted octanol–water partition coefficient (Wildman–Crippen LogP) is 4.00. The van der Waals surface area contributed by atoms with Crippen LogP contribution in [0.25, 0.3) is 0 Å². The monoisotopic (exact) mass is 372 g/mol. The fourth-order valence-corrected chi connectivity index (χ4v) is 2.48. The lowest BCUT2D eigenvalue weighted by Gasteiger charge is -2.07. The lowest BCUT2D eigenvalue weighted by atomic mass is 10.2. The molecule has 18 heavy (non-hydrogen) atoms. The molecule has 2 aromatic rings. The third kappa shape index (κ3) is 3.14. The zero-order valence-electron chi connectivity index (χ0n) is 8.95. The summed E-state index contributed by atoms with van der Waals surface area (Å²) in [5.41, 5.74) is 0.831. The summed E-state index contributed by atoms with van der Waals surface area (Å²) < 4.78 is 14.5. The molecule has 0 aliphatic carbocycles. The maximum absolute atomic E-state index is 12.9. The van der Waals surface area contributed by atoms with E-state index in [9.17, 15) is 9.18 Å². The number of hydrogen-bond donors (Lipinski definition) is 1. The van der Waals surface area contributed by atoms with Gasteiger partial charge < -0.3 is 5.32 Å². The summed E-state index contributed by atoms with van der Waals surface area (Å²) in [7, 11) is 0. The van der Waals surface area contributed by atoms with E-state index in [4.69, 9.17) is 0 Å². The number of carbonyl (C=O) groups is 1. The van der Waals surface area contributed by atoms with Gasteiger partial charge in [0.1, 0.15) is 0 Å². The molecule has 0 fully saturated rings. The minimum Gasteiger partial charge on any atom is -0.321 e. The molecule has 1 N–H and O–H groups in total. The quantitative estimate of drug-likeness (QED) is 0.808. The number of rotatable bonds is 2. The number of pyridine rings is 1. The summed E-state index contributed by atoms with van der Waals surface area (Å²) in [6.07, 6.45) is 1.25. The Kier molecular flexibility index (Phi) is 4.08. The van der Waals surface area contributed by atoms with E-state index >= 15 is 0 Å². The Morgan fingerprint density at radius 2 is 2.00 bits per heavy atom. The van der Waals surface area contributed by atoms with Gasteiger partial charge in [-0.3, -0.25) is 4.79 Å². The van der Waals surface area contributed by atoms with Crippen LogP contribution in [0.2, 0.25) is 0 Å². The lowest BCUT2D eigenvalue weighted by molar-refractivity contribution is 0.102. The molecule has 1 heterocycles. The van der Waals surface area contributed by atoms with Crippen molar-refractivity contribution in [3.8, 4) is 0 Å². The molecule has 0 saturated heterocycles. The molecule has 0 atom stereocenters. The number of nitrogens with zero attached hydrogens (tertiary/aromatic N) is 1. The lowest BCUT2D eigenvalue weighted by Crippen LogP contribution is -2.12. The summed E-state index contributed by atoms with van der Waals surface area (Å²) in [5.74, 6) is -1.07. The van der Waals surface area contributed by atoms with E-state index < -0.39 is 5.95 Å². The van der Waals surface area contributed by atoms with Gasteiger partial charge in [0.05, 0.1) is 5.69 Å². The van der Waals surface area contributed by atoms with Crippen molar-refractivity contribution >= 4 is 43.5 Å². The first kappa shape index (κ1) is 13.2. The Morgan fingerprint density at radius 1 is 1.22 bits per heavy atom. The first-order valence-electron chi connectivity index (χ1n) is 4.94. The van der Waals surface area contributed by atoms with E-state index in [0.29, 0.717) is 5.69 Å². The highest BCUT2D eigenvalue weighted by Crippen LogP contribution is 2.26. The summed E-state index contributed by atoms with van der Waals surface area (Å²) in [6.45, 7) is 0. The van der Waals surface area contributed by atoms with Gasteiger partial charge in [-0.15, -0.1) is 0 Å². The zero-order chi connectivity index (χ0) is 13.1. The second-order valence-electron chi connectivity index (χ2n) is 3.45. The fraction of sp³-hybridized carbons (Fsp3) is 0. The van der Waals surface area contributed by atoms with Gasteiger partial charge in [0.15, 0.2) is 0 Å². The van der Waals surface area contributed by atoms with Gasteiger partial charge in [-0.05, 0) is 40.2 Å². The molecule has 0 saturated carbocycles. The predicted molar refractivity (Wildman–Crippen MR) is 74.0 cm³/mol. The molecule has 1 amide bonds. The second kappa shape index (κ2) is 5.58. The van der Waals surface area contributed by atoms with Gasteiger partial charge in [0.2, 0.25) is 5.95 Å².